The van der Waals surface area contributed by atoms with Crippen molar-refractivity contribution >= 4 is 5.82 Å². The zero-order chi connectivity index (χ0) is 14.5. The lowest BCUT2D eigenvalue weighted by atomic mass is 10.1. The second kappa shape index (κ2) is 6.87. The highest BCUT2D eigenvalue weighted by Gasteiger charge is 2.18. The van der Waals surface area contributed by atoms with Gasteiger partial charge in [-0.05, 0) is 32.4 Å². The molecule has 0 spiro atoms. The van der Waals surface area contributed by atoms with Gasteiger partial charge >= 0.3 is 0 Å². The van der Waals surface area contributed by atoms with Gasteiger partial charge in [0, 0.05) is 31.9 Å². The number of hydrogen-bond donors (Lipinski definition) is 2. The predicted octanol–water partition coefficient (Wildman–Crippen LogP) is 2.03. The fourth-order valence-corrected chi connectivity index (χ4v) is 2.06. The monoisotopic (exact) mass is 265 g/mol. The van der Waals surface area contributed by atoms with E-state index in [4.69, 9.17) is 0 Å². The Balaban J connectivity index is 2.72. The normalized spacial score (nSPS) is 11.9. The van der Waals surface area contributed by atoms with Crippen LogP contribution in [0.25, 0.3) is 0 Å². The molecule has 1 aromatic heterocycles. The first kappa shape index (κ1) is 15.9. The van der Waals surface area contributed by atoms with E-state index in [9.17, 15) is 5.11 Å². The van der Waals surface area contributed by atoms with Gasteiger partial charge in [0.1, 0.15) is 5.82 Å². The molecule has 0 unspecified atom stereocenters. The molecule has 1 rings (SSSR count). The molecule has 0 aliphatic heterocycles. The highest BCUT2D eigenvalue weighted by Crippen LogP contribution is 2.18. The Labute approximate surface area is 116 Å². The molecule has 1 heterocycles. The van der Waals surface area contributed by atoms with Crippen LogP contribution in [0.15, 0.2) is 18.3 Å². The maximum Gasteiger partial charge on any atom is 0.132 e. The molecule has 19 heavy (non-hydrogen) atoms. The molecule has 108 valence electrons. The standard InChI is InChI=1S/C15H27N3O/c1-12(2)9-16-10-13-7-6-8-17-14(13)18(5)11-15(3,4)19/h6-8,12,16,19H,9-11H2,1-5H3. The van der Waals surface area contributed by atoms with Gasteiger partial charge < -0.3 is 15.3 Å². The van der Waals surface area contributed by atoms with Crippen LogP contribution in [0.3, 0.4) is 0 Å². The average Bonchev–Trinajstić information content (AvgIpc) is 2.26. The molecule has 0 saturated carbocycles. The number of aromatic nitrogens is 1. The molecule has 0 saturated heterocycles. The topological polar surface area (TPSA) is 48.4 Å². The van der Waals surface area contributed by atoms with E-state index in [1.54, 1.807) is 6.20 Å². The minimum absolute atomic E-state index is 0.557. The Hall–Kier alpha value is -1.13. The third-order valence-electron chi connectivity index (χ3n) is 2.72. The first-order valence-electron chi connectivity index (χ1n) is 6.87. The van der Waals surface area contributed by atoms with Gasteiger partial charge in [-0.3, -0.25) is 0 Å². The van der Waals surface area contributed by atoms with Crippen LogP contribution in [0, 0.1) is 5.92 Å². The maximum atomic E-state index is 9.90. The van der Waals surface area contributed by atoms with E-state index in [1.807, 2.05) is 31.9 Å². The Bertz CT molecular complexity index is 385. The van der Waals surface area contributed by atoms with Crippen molar-refractivity contribution in [3.8, 4) is 0 Å². The summed E-state index contributed by atoms with van der Waals surface area (Å²) < 4.78 is 0. The van der Waals surface area contributed by atoms with Gasteiger partial charge in [-0.25, -0.2) is 4.98 Å². The molecule has 4 heteroatoms. The van der Waals surface area contributed by atoms with Crippen LogP contribution in [-0.2, 0) is 6.54 Å². The summed E-state index contributed by atoms with van der Waals surface area (Å²) in [5.74, 6) is 1.56. The second-order valence-electron chi connectivity index (χ2n) is 6.18. The summed E-state index contributed by atoms with van der Waals surface area (Å²) >= 11 is 0. The minimum atomic E-state index is -0.727. The summed E-state index contributed by atoms with van der Waals surface area (Å²) in [7, 11) is 1.96. The number of likely N-dealkylation sites (N-methyl/N-ethyl adjacent to an activating group) is 1. The van der Waals surface area contributed by atoms with E-state index >= 15 is 0 Å². The molecule has 0 aliphatic carbocycles. The van der Waals surface area contributed by atoms with E-state index in [2.05, 4.69) is 30.2 Å². The highest BCUT2D eigenvalue weighted by atomic mass is 16.3. The lowest BCUT2D eigenvalue weighted by Crippen LogP contribution is -2.37. The molecule has 4 nitrogen and oxygen atoms in total. The minimum Gasteiger partial charge on any atom is -0.389 e. The van der Waals surface area contributed by atoms with Crippen molar-refractivity contribution in [3.05, 3.63) is 23.9 Å². The highest BCUT2D eigenvalue weighted by molar-refractivity contribution is 5.46. The smallest absolute Gasteiger partial charge is 0.132 e. The number of pyridine rings is 1. The van der Waals surface area contributed by atoms with Crippen molar-refractivity contribution in [1.29, 1.82) is 0 Å². The molecule has 0 amide bonds. The van der Waals surface area contributed by atoms with E-state index in [0.29, 0.717) is 12.5 Å². The van der Waals surface area contributed by atoms with Crippen LogP contribution in [0.2, 0.25) is 0 Å². The number of hydrogen-bond acceptors (Lipinski definition) is 4. The molecule has 0 aliphatic rings. The Kier molecular flexibility index (Phi) is 5.76. The van der Waals surface area contributed by atoms with Crippen molar-refractivity contribution in [3.63, 3.8) is 0 Å². The Morgan fingerprint density at radius 1 is 1.42 bits per heavy atom. The SMILES string of the molecule is CC(C)CNCc1cccnc1N(C)CC(C)(C)O. The van der Waals surface area contributed by atoms with Crippen molar-refractivity contribution in [2.24, 2.45) is 5.92 Å². The van der Waals surface area contributed by atoms with Crippen molar-refractivity contribution in [2.45, 2.75) is 39.8 Å². The number of nitrogens with one attached hydrogen (secondary N) is 1. The van der Waals surface area contributed by atoms with Crippen LogP contribution in [0.1, 0.15) is 33.3 Å². The molecule has 0 atom stereocenters. The Morgan fingerprint density at radius 2 is 2.11 bits per heavy atom. The average molecular weight is 265 g/mol. The van der Waals surface area contributed by atoms with Crippen LogP contribution >= 0.6 is 0 Å². The van der Waals surface area contributed by atoms with Crippen molar-refractivity contribution < 1.29 is 5.11 Å². The fraction of sp³-hybridized carbons (Fsp3) is 0.667. The first-order chi connectivity index (χ1) is 8.79. The molecule has 1 aromatic rings. The Morgan fingerprint density at radius 3 is 2.68 bits per heavy atom. The van der Waals surface area contributed by atoms with Crippen LogP contribution in [0.5, 0.6) is 0 Å². The molecule has 0 fully saturated rings. The largest absolute Gasteiger partial charge is 0.389 e. The molecular formula is C15H27N3O. The second-order valence-corrected chi connectivity index (χ2v) is 6.18. The van der Waals surface area contributed by atoms with Crippen LogP contribution < -0.4 is 10.2 Å². The number of anilines is 1. The van der Waals surface area contributed by atoms with Gasteiger partial charge in [0.25, 0.3) is 0 Å². The summed E-state index contributed by atoms with van der Waals surface area (Å²) in [4.78, 5) is 6.44. The van der Waals surface area contributed by atoms with Gasteiger partial charge in [-0.2, -0.15) is 0 Å². The zero-order valence-corrected chi connectivity index (χ0v) is 12.8. The first-order valence-corrected chi connectivity index (χ1v) is 6.87. The fourth-order valence-electron chi connectivity index (χ4n) is 2.06. The van der Waals surface area contributed by atoms with E-state index in [1.165, 1.54) is 0 Å². The quantitative estimate of drug-likeness (QED) is 0.792. The summed E-state index contributed by atoms with van der Waals surface area (Å²) in [6.07, 6.45) is 1.79. The lowest BCUT2D eigenvalue weighted by molar-refractivity contribution is 0.0884. The van der Waals surface area contributed by atoms with E-state index < -0.39 is 5.60 Å². The van der Waals surface area contributed by atoms with Gasteiger partial charge in [0.2, 0.25) is 0 Å². The van der Waals surface area contributed by atoms with Gasteiger partial charge in [-0.1, -0.05) is 19.9 Å². The van der Waals surface area contributed by atoms with E-state index in [0.717, 1.165) is 24.5 Å². The number of aliphatic hydroxyl groups is 1. The molecule has 0 bridgehead atoms. The summed E-state index contributed by atoms with van der Waals surface area (Å²) in [5.41, 5.74) is 0.435. The lowest BCUT2D eigenvalue weighted by Gasteiger charge is -2.28. The van der Waals surface area contributed by atoms with Gasteiger partial charge in [-0.15, -0.1) is 0 Å². The van der Waals surface area contributed by atoms with Crippen LogP contribution in [-0.4, -0.2) is 35.8 Å². The third kappa shape index (κ3) is 6.03. The van der Waals surface area contributed by atoms with Gasteiger partial charge in [0.15, 0.2) is 0 Å². The predicted molar refractivity (Wildman–Crippen MR) is 80.3 cm³/mol. The maximum absolute atomic E-state index is 9.90. The summed E-state index contributed by atoms with van der Waals surface area (Å²) in [6.45, 7) is 10.4. The van der Waals surface area contributed by atoms with Crippen molar-refractivity contribution in [1.82, 2.24) is 10.3 Å². The summed E-state index contributed by atoms with van der Waals surface area (Å²) in [6, 6.07) is 4.03. The van der Waals surface area contributed by atoms with Crippen molar-refractivity contribution in [2.75, 3.05) is 25.0 Å². The molecule has 2 N–H and O–H groups in total. The molecular weight excluding hydrogens is 238 g/mol. The van der Waals surface area contributed by atoms with Gasteiger partial charge in [0.05, 0.1) is 5.60 Å². The molecule has 0 radical (unpaired) electrons. The summed E-state index contributed by atoms with van der Waals surface area (Å²) in [5, 5.41) is 13.3. The van der Waals surface area contributed by atoms with Crippen LogP contribution in [0.4, 0.5) is 5.82 Å². The number of nitrogens with zero attached hydrogens (tertiary/aromatic N) is 2. The van der Waals surface area contributed by atoms with E-state index in [-0.39, 0.29) is 0 Å². The molecule has 0 aromatic carbocycles. The number of rotatable bonds is 7. The third-order valence-corrected chi connectivity index (χ3v) is 2.72. The zero-order valence-electron chi connectivity index (χ0n) is 12.8.